The average molecular weight is 277 g/mol. The molecule has 0 aliphatic rings. The molecule has 0 saturated carbocycles. The van der Waals surface area contributed by atoms with Crippen molar-refractivity contribution < 1.29 is 9.53 Å². The van der Waals surface area contributed by atoms with Crippen LogP contribution in [-0.2, 0) is 9.53 Å². The molecule has 0 amide bonds. The Balaban J connectivity index is 3.09. The summed E-state index contributed by atoms with van der Waals surface area (Å²) in [6, 6.07) is 0. The molecule has 3 heteroatoms. The maximum atomic E-state index is 10.6. The number of rotatable bonds is 12. The zero-order chi connectivity index (χ0) is 13.6. The van der Waals surface area contributed by atoms with Gasteiger partial charge in [-0.15, -0.1) is 0 Å². The first-order valence-electron chi connectivity index (χ1n) is 7.48. The molecular weight excluding hydrogens is 248 g/mol. The Morgan fingerprint density at radius 1 is 0.944 bits per heavy atom. The summed E-state index contributed by atoms with van der Waals surface area (Å²) in [6.07, 6.45) is 13.9. The molecule has 0 fully saturated rings. The van der Waals surface area contributed by atoms with E-state index in [4.69, 9.17) is 16.3 Å². The highest BCUT2D eigenvalue weighted by Gasteiger charge is 2.06. The zero-order valence-electron chi connectivity index (χ0n) is 12.0. The Bertz CT molecular complexity index is 195. The first-order valence-corrected chi connectivity index (χ1v) is 7.91. The van der Waals surface area contributed by atoms with Crippen LogP contribution in [0.1, 0.15) is 84.5 Å². The molecule has 1 atom stereocenters. The van der Waals surface area contributed by atoms with Crippen LogP contribution in [0.3, 0.4) is 0 Å². The summed E-state index contributed by atoms with van der Waals surface area (Å²) in [6.45, 7) is 3.65. The molecule has 0 aromatic rings. The number of alkyl halides is 1. The molecule has 18 heavy (non-hydrogen) atoms. The van der Waals surface area contributed by atoms with E-state index < -0.39 is 5.56 Å². The third-order valence-corrected chi connectivity index (χ3v) is 3.39. The Labute approximate surface area is 117 Å². The second-order valence-corrected chi connectivity index (χ2v) is 5.48. The summed E-state index contributed by atoms with van der Waals surface area (Å²) < 4.78 is 4.86. The topological polar surface area (TPSA) is 26.3 Å². The molecule has 108 valence electrons. The maximum Gasteiger partial charge on any atom is 0.304 e. The van der Waals surface area contributed by atoms with Crippen molar-refractivity contribution in [2.45, 2.75) is 90.0 Å². The summed E-state index contributed by atoms with van der Waals surface area (Å²) in [4.78, 5) is 10.6. The minimum atomic E-state index is -0.434. The van der Waals surface area contributed by atoms with Gasteiger partial charge in [-0.25, -0.2) is 0 Å². The van der Waals surface area contributed by atoms with Crippen molar-refractivity contribution >= 4 is 17.6 Å². The maximum absolute atomic E-state index is 10.6. The molecule has 0 rings (SSSR count). The van der Waals surface area contributed by atoms with Crippen LogP contribution in [0.5, 0.6) is 0 Å². The lowest BCUT2D eigenvalue weighted by molar-refractivity contribution is -0.142. The molecule has 0 bridgehead atoms. The molecule has 0 aliphatic carbocycles. The number of hydrogen-bond acceptors (Lipinski definition) is 2. The molecule has 2 nitrogen and oxygen atoms in total. The zero-order valence-corrected chi connectivity index (χ0v) is 12.8. The van der Waals surface area contributed by atoms with Gasteiger partial charge in [-0.1, -0.05) is 76.3 Å². The second kappa shape index (κ2) is 13.2. The number of carbonyl (C=O) groups excluding carboxylic acids is 1. The molecule has 0 N–H and O–H groups in total. The van der Waals surface area contributed by atoms with Crippen molar-refractivity contribution in [3.8, 4) is 0 Å². The minimum Gasteiger partial charge on any atom is -0.446 e. The van der Waals surface area contributed by atoms with Crippen molar-refractivity contribution in [2.75, 3.05) is 0 Å². The largest absolute Gasteiger partial charge is 0.446 e. The van der Waals surface area contributed by atoms with Crippen LogP contribution in [0.15, 0.2) is 0 Å². The monoisotopic (exact) mass is 276 g/mol. The summed E-state index contributed by atoms with van der Waals surface area (Å²) in [5, 5.41) is 0. The summed E-state index contributed by atoms with van der Waals surface area (Å²) in [5.41, 5.74) is -0.434. The lowest BCUT2D eigenvalue weighted by Gasteiger charge is -2.09. The van der Waals surface area contributed by atoms with E-state index in [-0.39, 0.29) is 5.97 Å². The van der Waals surface area contributed by atoms with Gasteiger partial charge < -0.3 is 4.74 Å². The Morgan fingerprint density at radius 3 is 1.83 bits per heavy atom. The fourth-order valence-corrected chi connectivity index (χ4v) is 2.31. The van der Waals surface area contributed by atoms with Crippen LogP contribution >= 0.6 is 11.6 Å². The quantitative estimate of drug-likeness (QED) is 0.270. The SMILES string of the molecule is CCCCCCCCCCCCC(Cl)OC(C)=O. The van der Waals surface area contributed by atoms with Crippen molar-refractivity contribution in [1.82, 2.24) is 0 Å². The van der Waals surface area contributed by atoms with Gasteiger partial charge in [0.2, 0.25) is 0 Å². The summed E-state index contributed by atoms with van der Waals surface area (Å²) in [7, 11) is 0. The normalized spacial score (nSPS) is 12.4. The summed E-state index contributed by atoms with van der Waals surface area (Å²) in [5.74, 6) is -0.290. The summed E-state index contributed by atoms with van der Waals surface area (Å²) >= 11 is 5.84. The smallest absolute Gasteiger partial charge is 0.304 e. The van der Waals surface area contributed by atoms with Crippen LogP contribution in [0.25, 0.3) is 0 Å². The Kier molecular flexibility index (Phi) is 13.0. The Hall–Kier alpha value is -0.240. The third kappa shape index (κ3) is 13.8. The van der Waals surface area contributed by atoms with Gasteiger partial charge in [-0.05, 0) is 12.8 Å². The lowest BCUT2D eigenvalue weighted by atomic mass is 10.1. The number of carbonyl (C=O) groups is 1. The van der Waals surface area contributed by atoms with Gasteiger partial charge in [-0.2, -0.15) is 0 Å². The van der Waals surface area contributed by atoms with Gasteiger partial charge in [0.05, 0.1) is 0 Å². The van der Waals surface area contributed by atoms with Crippen molar-refractivity contribution in [3.05, 3.63) is 0 Å². The molecule has 0 heterocycles. The van der Waals surface area contributed by atoms with Crippen molar-refractivity contribution in [2.24, 2.45) is 0 Å². The predicted octanol–water partition coefficient (Wildman–Crippen LogP) is 5.43. The number of hydrogen-bond donors (Lipinski definition) is 0. The number of esters is 1. The molecule has 0 saturated heterocycles. The van der Waals surface area contributed by atoms with Gasteiger partial charge in [0.15, 0.2) is 5.56 Å². The lowest BCUT2D eigenvalue weighted by Crippen LogP contribution is -2.09. The first-order chi connectivity index (χ1) is 8.66. The van der Waals surface area contributed by atoms with Gasteiger partial charge in [0.25, 0.3) is 0 Å². The van der Waals surface area contributed by atoms with E-state index in [0.29, 0.717) is 0 Å². The molecular formula is C15H29ClO2. The van der Waals surface area contributed by atoms with Crippen molar-refractivity contribution in [3.63, 3.8) is 0 Å². The van der Waals surface area contributed by atoms with E-state index in [1.54, 1.807) is 0 Å². The van der Waals surface area contributed by atoms with E-state index in [9.17, 15) is 4.79 Å². The second-order valence-electron chi connectivity index (χ2n) is 4.99. The van der Waals surface area contributed by atoms with E-state index >= 15 is 0 Å². The molecule has 0 aliphatic heterocycles. The fourth-order valence-electron chi connectivity index (χ4n) is 2.03. The highest BCUT2D eigenvalue weighted by atomic mass is 35.5. The fraction of sp³-hybridized carbons (Fsp3) is 0.933. The highest BCUT2D eigenvalue weighted by molar-refractivity contribution is 6.20. The molecule has 0 aromatic heterocycles. The van der Waals surface area contributed by atoms with E-state index in [0.717, 1.165) is 12.8 Å². The minimum absolute atomic E-state index is 0.290. The van der Waals surface area contributed by atoms with Gasteiger partial charge in [0, 0.05) is 6.92 Å². The van der Waals surface area contributed by atoms with Crippen LogP contribution in [0.4, 0.5) is 0 Å². The van der Waals surface area contributed by atoms with Crippen LogP contribution in [-0.4, -0.2) is 11.5 Å². The van der Waals surface area contributed by atoms with Gasteiger partial charge >= 0.3 is 5.97 Å². The Morgan fingerprint density at radius 2 is 1.39 bits per heavy atom. The molecule has 0 spiro atoms. The van der Waals surface area contributed by atoms with Crippen molar-refractivity contribution in [1.29, 1.82) is 0 Å². The average Bonchev–Trinajstić information content (AvgIpc) is 2.30. The standard InChI is InChI=1S/C15H29ClO2/c1-3-4-5-6-7-8-9-10-11-12-13-15(16)18-14(2)17/h15H,3-13H2,1-2H3. The predicted molar refractivity (Wildman–Crippen MR) is 77.9 cm³/mol. The molecule has 0 aromatic carbocycles. The van der Waals surface area contributed by atoms with E-state index in [1.807, 2.05) is 0 Å². The molecule has 0 radical (unpaired) electrons. The van der Waals surface area contributed by atoms with E-state index in [2.05, 4.69) is 6.92 Å². The number of ether oxygens (including phenoxy) is 1. The number of halogens is 1. The van der Waals surface area contributed by atoms with Crippen LogP contribution in [0, 0.1) is 0 Å². The van der Waals surface area contributed by atoms with Crippen LogP contribution in [0.2, 0.25) is 0 Å². The van der Waals surface area contributed by atoms with Gasteiger partial charge in [-0.3, -0.25) is 4.79 Å². The first kappa shape index (κ1) is 17.8. The highest BCUT2D eigenvalue weighted by Crippen LogP contribution is 2.14. The third-order valence-electron chi connectivity index (χ3n) is 3.08. The van der Waals surface area contributed by atoms with E-state index in [1.165, 1.54) is 64.7 Å². The number of unbranched alkanes of at least 4 members (excludes halogenated alkanes) is 9. The molecule has 1 unspecified atom stereocenters. The van der Waals surface area contributed by atoms with Crippen LogP contribution < -0.4 is 0 Å². The van der Waals surface area contributed by atoms with Gasteiger partial charge in [0.1, 0.15) is 0 Å².